The molecule has 0 fully saturated rings. The van der Waals surface area contributed by atoms with Gasteiger partial charge in [-0.1, -0.05) is 39.0 Å². The van der Waals surface area contributed by atoms with E-state index in [0.29, 0.717) is 6.04 Å². The van der Waals surface area contributed by atoms with Gasteiger partial charge in [-0.05, 0) is 29.5 Å². The van der Waals surface area contributed by atoms with Gasteiger partial charge in [0.25, 0.3) is 0 Å². The predicted molar refractivity (Wildman–Crippen MR) is 73.0 cm³/mol. The lowest BCUT2D eigenvalue weighted by molar-refractivity contribution is 0.288. The van der Waals surface area contributed by atoms with Gasteiger partial charge in [-0.3, -0.25) is 4.98 Å². The Morgan fingerprint density at radius 3 is 2.59 bits per heavy atom. The second-order valence-electron chi connectivity index (χ2n) is 5.53. The van der Waals surface area contributed by atoms with Crippen LogP contribution in [0.4, 0.5) is 0 Å². The summed E-state index contributed by atoms with van der Waals surface area (Å²) in [7, 11) is 2.02. The average Bonchev–Trinajstić information content (AvgIpc) is 2.28. The van der Waals surface area contributed by atoms with E-state index in [0.717, 1.165) is 0 Å². The monoisotopic (exact) mass is 228 g/mol. The Morgan fingerprint density at radius 1 is 1.18 bits per heavy atom. The van der Waals surface area contributed by atoms with E-state index in [1.165, 1.54) is 16.3 Å². The van der Waals surface area contributed by atoms with Gasteiger partial charge < -0.3 is 5.32 Å². The molecule has 0 bridgehead atoms. The summed E-state index contributed by atoms with van der Waals surface area (Å²) in [6, 6.07) is 8.86. The maximum atomic E-state index is 4.18. The van der Waals surface area contributed by atoms with Gasteiger partial charge >= 0.3 is 0 Å². The molecule has 2 rings (SSSR count). The van der Waals surface area contributed by atoms with E-state index in [2.05, 4.69) is 55.3 Å². The zero-order valence-corrected chi connectivity index (χ0v) is 11.0. The number of rotatable bonds is 2. The molecular weight excluding hydrogens is 208 g/mol. The third-order valence-corrected chi connectivity index (χ3v) is 3.18. The van der Waals surface area contributed by atoms with Gasteiger partial charge in [0.2, 0.25) is 0 Å². The van der Waals surface area contributed by atoms with Crippen LogP contribution in [0, 0.1) is 5.41 Å². The first-order valence-electron chi connectivity index (χ1n) is 6.04. The number of benzene rings is 1. The summed E-state index contributed by atoms with van der Waals surface area (Å²) in [5.74, 6) is 0. The summed E-state index contributed by atoms with van der Waals surface area (Å²) in [5, 5.41) is 5.92. The molecule has 90 valence electrons. The van der Waals surface area contributed by atoms with Crippen LogP contribution in [0.1, 0.15) is 32.4 Å². The Labute approximate surface area is 103 Å². The highest BCUT2D eigenvalue weighted by atomic mass is 14.9. The summed E-state index contributed by atoms with van der Waals surface area (Å²) in [6.07, 6.45) is 3.79. The average molecular weight is 228 g/mol. The molecule has 0 aliphatic rings. The first kappa shape index (κ1) is 12.1. The smallest absolute Gasteiger partial charge is 0.0372 e. The lowest BCUT2D eigenvalue weighted by atomic mass is 9.81. The molecule has 0 saturated carbocycles. The van der Waals surface area contributed by atoms with Crippen molar-refractivity contribution >= 4 is 10.8 Å². The quantitative estimate of drug-likeness (QED) is 0.850. The van der Waals surface area contributed by atoms with Crippen LogP contribution in [-0.2, 0) is 0 Å². The van der Waals surface area contributed by atoms with Crippen LogP contribution in [0.2, 0.25) is 0 Å². The van der Waals surface area contributed by atoms with E-state index in [-0.39, 0.29) is 5.41 Å². The van der Waals surface area contributed by atoms with E-state index in [4.69, 9.17) is 0 Å². The molecule has 0 aliphatic heterocycles. The Balaban J connectivity index is 2.62. The topological polar surface area (TPSA) is 24.9 Å². The summed E-state index contributed by atoms with van der Waals surface area (Å²) >= 11 is 0. The van der Waals surface area contributed by atoms with Gasteiger partial charge in [-0.2, -0.15) is 0 Å². The number of hydrogen-bond donors (Lipinski definition) is 1. The van der Waals surface area contributed by atoms with Crippen molar-refractivity contribution in [3.8, 4) is 0 Å². The molecule has 1 heterocycles. The zero-order valence-electron chi connectivity index (χ0n) is 11.0. The standard InChI is InChI=1S/C15H20N2/c1-15(2,3)14(16-4)13-7-5-6-11-10-17-9-8-12(11)13/h5-10,14,16H,1-4H3. The normalized spacial score (nSPS) is 13.9. The molecule has 0 saturated heterocycles. The SMILES string of the molecule is CNC(c1cccc2cnccc12)C(C)(C)C. The highest BCUT2D eigenvalue weighted by Gasteiger charge is 2.25. The van der Waals surface area contributed by atoms with Crippen molar-refractivity contribution in [1.82, 2.24) is 10.3 Å². The number of aromatic nitrogens is 1. The van der Waals surface area contributed by atoms with Gasteiger partial charge in [0, 0.05) is 23.8 Å². The highest BCUT2D eigenvalue weighted by molar-refractivity contribution is 5.85. The van der Waals surface area contributed by atoms with Crippen molar-refractivity contribution < 1.29 is 0 Å². The van der Waals surface area contributed by atoms with Crippen molar-refractivity contribution in [2.45, 2.75) is 26.8 Å². The van der Waals surface area contributed by atoms with Crippen LogP contribution in [0.25, 0.3) is 10.8 Å². The molecule has 2 aromatic rings. The fraction of sp³-hybridized carbons (Fsp3) is 0.400. The molecular formula is C15H20N2. The van der Waals surface area contributed by atoms with Gasteiger partial charge in [-0.15, -0.1) is 0 Å². The number of fused-ring (bicyclic) bond motifs is 1. The largest absolute Gasteiger partial charge is 0.313 e. The van der Waals surface area contributed by atoms with Gasteiger partial charge in [0.05, 0.1) is 0 Å². The Bertz CT molecular complexity index is 506. The minimum atomic E-state index is 0.187. The third-order valence-electron chi connectivity index (χ3n) is 3.18. The van der Waals surface area contributed by atoms with Crippen LogP contribution in [0.5, 0.6) is 0 Å². The second-order valence-corrected chi connectivity index (χ2v) is 5.53. The maximum absolute atomic E-state index is 4.18. The number of hydrogen-bond acceptors (Lipinski definition) is 2. The lowest BCUT2D eigenvalue weighted by Crippen LogP contribution is -2.29. The van der Waals surface area contributed by atoms with Crippen molar-refractivity contribution in [2.24, 2.45) is 5.41 Å². The molecule has 0 spiro atoms. The predicted octanol–water partition coefficient (Wildman–Crippen LogP) is 3.54. The summed E-state index contributed by atoms with van der Waals surface area (Å²) in [6.45, 7) is 6.77. The van der Waals surface area contributed by atoms with E-state index < -0.39 is 0 Å². The first-order valence-corrected chi connectivity index (χ1v) is 6.04. The molecule has 2 heteroatoms. The van der Waals surface area contributed by atoms with E-state index >= 15 is 0 Å². The molecule has 0 radical (unpaired) electrons. The minimum Gasteiger partial charge on any atom is -0.313 e. The van der Waals surface area contributed by atoms with E-state index in [1.807, 2.05) is 19.4 Å². The number of nitrogens with zero attached hydrogens (tertiary/aromatic N) is 1. The molecule has 1 unspecified atom stereocenters. The molecule has 1 aromatic carbocycles. The Kier molecular flexibility index (Phi) is 3.16. The molecule has 1 N–H and O–H groups in total. The summed E-state index contributed by atoms with van der Waals surface area (Å²) in [4.78, 5) is 4.18. The van der Waals surface area contributed by atoms with E-state index in [1.54, 1.807) is 0 Å². The molecule has 1 atom stereocenters. The summed E-state index contributed by atoms with van der Waals surface area (Å²) < 4.78 is 0. The molecule has 1 aromatic heterocycles. The van der Waals surface area contributed by atoms with E-state index in [9.17, 15) is 0 Å². The van der Waals surface area contributed by atoms with Crippen molar-refractivity contribution in [2.75, 3.05) is 7.05 Å². The van der Waals surface area contributed by atoms with Crippen molar-refractivity contribution in [3.63, 3.8) is 0 Å². The Morgan fingerprint density at radius 2 is 1.94 bits per heavy atom. The summed E-state index contributed by atoms with van der Waals surface area (Å²) in [5.41, 5.74) is 1.53. The Hall–Kier alpha value is -1.41. The van der Waals surface area contributed by atoms with Crippen molar-refractivity contribution in [3.05, 3.63) is 42.2 Å². The van der Waals surface area contributed by atoms with Gasteiger partial charge in [0.15, 0.2) is 0 Å². The number of pyridine rings is 1. The number of nitrogens with one attached hydrogen (secondary N) is 1. The van der Waals surface area contributed by atoms with Gasteiger partial charge in [0.1, 0.15) is 0 Å². The fourth-order valence-electron chi connectivity index (χ4n) is 2.45. The van der Waals surface area contributed by atoms with Crippen LogP contribution in [-0.4, -0.2) is 12.0 Å². The third kappa shape index (κ3) is 2.32. The van der Waals surface area contributed by atoms with Gasteiger partial charge in [-0.25, -0.2) is 0 Å². The molecule has 0 aliphatic carbocycles. The van der Waals surface area contributed by atoms with Crippen LogP contribution in [0.3, 0.4) is 0 Å². The fourth-order valence-corrected chi connectivity index (χ4v) is 2.45. The van der Waals surface area contributed by atoms with Crippen LogP contribution < -0.4 is 5.32 Å². The van der Waals surface area contributed by atoms with Crippen LogP contribution in [0.15, 0.2) is 36.7 Å². The maximum Gasteiger partial charge on any atom is 0.0372 e. The lowest BCUT2D eigenvalue weighted by Gasteiger charge is -2.31. The zero-order chi connectivity index (χ0) is 12.5. The first-order chi connectivity index (χ1) is 8.04. The van der Waals surface area contributed by atoms with Crippen LogP contribution >= 0.6 is 0 Å². The van der Waals surface area contributed by atoms with Crippen molar-refractivity contribution in [1.29, 1.82) is 0 Å². The highest BCUT2D eigenvalue weighted by Crippen LogP contribution is 2.35. The molecule has 2 nitrogen and oxygen atoms in total. The minimum absolute atomic E-state index is 0.187. The molecule has 17 heavy (non-hydrogen) atoms. The molecule has 0 amide bonds. The second kappa shape index (κ2) is 4.46.